The van der Waals surface area contributed by atoms with Crippen LogP contribution in [0.4, 0.5) is 0 Å². The standard InChI is InChI=1S/C13H22N2O2/c1-3-15(4-2)12(16)8-14-13(17)11-6-9-5-10(9)7-11/h9-11H,3-8H2,1-2H3,(H,14,17). The van der Waals surface area contributed by atoms with Crippen molar-refractivity contribution >= 4 is 11.8 Å². The van der Waals surface area contributed by atoms with Crippen molar-refractivity contribution in [3.63, 3.8) is 0 Å². The summed E-state index contributed by atoms with van der Waals surface area (Å²) in [5.74, 6) is 1.89. The summed E-state index contributed by atoms with van der Waals surface area (Å²) in [6.45, 7) is 5.48. The Balaban J connectivity index is 1.70. The molecule has 2 saturated carbocycles. The second kappa shape index (κ2) is 5.07. The highest BCUT2D eigenvalue weighted by molar-refractivity contribution is 5.86. The first-order chi connectivity index (χ1) is 8.15. The molecule has 2 aliphatic rings. The molecule has 96 valence electrons. The molecular formula is C13H22N2O2. The molecule has 17 heavy (non-hydrogen) atoms. The van der Waals surface area contributed by atoms with Crippen LogP contribution in [-0.4, -0.2) is 36.3 Å². The van der Waals surface area contributed by atoms with Crippen LogP contribution in [0.25, 0.3) is 0 Å². The lowest BCUT2D eigenvalue weighted by atomic mass is 10.0. The predicted octanol–water partition coefficient (Wildman–Crippen LogP) is 1.02. The van der Waals surface area contributed by atoms with E-state index in [-0.39, 0.29) is 24.3 Å². The van der Waals surface area contributed by atoms with Crippen molar-refractivity contribution < 1.29 is 9.59 Å². The molecule has 2 amide bonds. The third kappa shape index (κ3) is 2.79. The van der Waals surface area contributed by atoms with E-state index in [1.54, 1.807) is 4.90 Å². The molecule has 4 heteroatoms. The van der Waals surface area contributed by atoms with Crippen LogP contribution < -0.4 is 5.32 Å². The van der Waals surface area contributed by atoms with Gasteiger partial charge in [0.15, 0.2) is 0 Å². The zero-order valence-corrected chi connectivity index (χ0v) is 10.7. The topological polar surface area (TPSA) is 49.4 Å². The van der Waals surface area contributed by atoms with Gasteiger partial charge in [0.1, 0.15) is 0 Å². The van der Waals surface area contributed by atoms with Gasteiger partial charge in [-0.3, -0.25) is 9.59 Å². The maximum Gasteiger partial charge on any atom is 0.241 e. The van der Waals surface area contributed by atoms with E-state index >= 15 is 0 Å². The van der Waals surface area contributed by atoms with Gasteiger partial charge < -0.3 is 10.2 Å². The molecule has 0 spiro atoms. The molecule has 2 fully saturated rings. The van der Waals surface area contributed by atoms with Crippen molar-refractivity contribution in [1.82, 2.24) is 10.2 Å². The highest BCUT2D eigenvalue weighted by atomic mass is 16.2. The molecule has 4 nitrogen and oxygen atoms in total. The van der Waals surface area contributed by atoms with Crippen LogP contribution in [-0.2, 0) is 9.59 Å². The van der Waals surface area contributed by atoms with Crippen molar-refractivity contribution in [2.24, 2.45) is 17.8 Å². The molecule has 0 radical (unpaired) electrons. The van der Waals surface area contributed by atoms with Gasteiger partial charge >= 0.3 is 0 Å². The number of nitrogens with one attached hydrogen (secondary N) is 1. The van der Waals surface area contributed by atoms with E-state index in [2.05, 4.69) is 5.32 Å². The van der Waals surface area contributed by atoms with Gasteiger partial charge in [-0.05, 0) is 44.9 Å². The van der Waals surface area contributed by atoms with E-state index in [0.29, 0.717) is 13.1 Å². The highest BCUT2D eigenvalue weighted by Gasteiger charge is 2.47. The number of hydrogen-bond acceptors (Lipinski definition) is 2. The highest BCUT2D eigenvalue weighted by Crippen LogP contribution is 2.54. The number of carbonyl (C=O) groups is 2. The SMILES string of the molecule is CCN(CC)C(=O)CNC(=O)C1CC2CC2C1. The minimum Gasteiger partial charge on any atom is -0.347 e. The minimum atomic E-state index is 0.0199. The number of amides is 2. The lowest BCUT2D eigenvalue weighted by Crippen LogP contribution is -2.41. The Morgan fingerprint density at radius 1 is 1.12 bits per heavy atom. The number of nitrogens with zero attached hydrogens (tertiary/aromatic N) is 1. The molecule has 2 rings (SSSR count). The Morgan fingerprint density at radius 3 is 2.24 bits per heavy atom. The molecular weight excluding hydrogens is 216 g/mol. The molecule has 0 saturated heterocycles. The summed E-state index contributed by atoms with van der Waals surface area (Å²) in [5, 5.41) is 2.78. The fraction of sp³-hybridized carbons (Fsp3) is 0.846. The summed E-state index contributed by atoms with van der Waals surface area (Å²) in [6, 6.07) is 0. The molecule has 0 aromatic carbocycles. The average molecular weight is 238 g/mol. The first-order valence-electron chi connectivity index (χ1n) is 6.71. The number of likely N-dealkylation sites (N-methyl/N-ethyl adjacent to an activating group) is 1. The van der Waals surface area contributed by atoms with E-state index in [0.717, 1.165) is 24.7 Å². The Labute approximate surface area is 103 Å². The van der Waals surface area contributed by atoms with Crippen LogP contribution >= 0.6 is 0 Å². The predicted molar refractivity (Wildman–Crippen MR) is 65.3 cm³/mol. The fourth-order valence-corrected chi connectivity index (χ4v) is 2.92. The number of fused-ring (bicyclic) bond motifs is 1. The van der Waals surface area contributed by atoms with Crippen molar-refractivity contribution in [2.75, 3.05) is 19.6 Å². The van der Waals surface area contributed by atoms with Crippen molar-refractivity contribution in [3.05, 3.63) is 0 Å². The molecule has 0 aromatic heterocycles. The Kier molecular flexibility index (Phi) is 3.69. The van der Waals surface area contributed by atoms with E-state index in [1.807, 2.05) is 13.8 Å². The van der Waals surface area contributed by atoms with Crippen LogP contribution in [0.5, 0.6) is 0 Å². The maximum absolute atomic E-state index is 11.8. The van der Waals surface area contributed by atoms with Crippen molar-refractivity contribution in [1.29, 1.82) is 0 Å². The molecule has 2 unspecified atom stereocenters. The van der Waals surface area contributed by atoms with Crippen LogP contribution in [0.3, 0.4) is 0 Å². The van der Waals surface area contributed by atoms with E-state index in [1.165, 1.54) is 6.42 Å². The Morgan fingerprint density at radius 2 is 1.71 bits per heavy atom. The van der Waals surface area contributed by atoms with Gasteiger partial charge in [-0.15, -0.1) is 0 Å². The van der Waals surface area contributed by atoms with E-state index in [4.69, 9.17) is 0 Å². The summed E-state index contributed by atoms with van der Waals surface area (Å²) >= 11 is 0. The molecule has 0 bridgehead atoms. The lowest BCUT2D eigenvalue weighted by molar-refractivity contribution is -0.133. The minimum absolute atomic E-state index is 0.0199. The zero-order valence-electron chi connectivity index (χ0n) is 10.7. The summed E-state index contributed by atoms with van der Waals surface area (Å²) < 4.78 is 0. The smallest absolute Gasteiger partial charge is 0.241 e. The number of rotatable bonds is 5. The van der Waals surface area contributed by atoms with Crippen LogP contribution in [0, 0.1) is 17.8 Å². The van der Waals surface area contributed by atoms with Gasteiger partial charge in [-0.1, -0.05) is 0 Å². The van der Waals surface area contributed by atoms with Crippen molar-refractivity contribution in [2.45, 2.75) is 33.1 Å². The molecule has 1 N–H and O–H groups in total. The summed E-state index contributed by atoms with van der Waals surface area (Å²) in [5.41, 5.74) is 0. The van der Waals surface area contributed by atoms with E-state index in [9.17, 15) is 9.59 Å². The first kappa shape index (κ1) is 12.4. The van der Waals surface area contributed by atoms with Gasteiger partial charge in [-0.25, -0.2) is 0 Å². The molecule has 0 heterocycles. The lowest BCUT2D eigenvalue weighted by Gasteiger charge is -2.19. The van der Waals surface area contributed by atoms with Gasteiger partial charge in [-0.2, -0.15) is 0 Å². The van der Waals surface area contributed by atoms with E-state index < -0.39 is 0 Å². The fourth-order valence-electron chi connectivity index (χ4n) is 2.92. The maximum atomic E-state index is 11.8. The molecule has 2 aliphatic carbocycles. The summed E-state index contributed by atoms with van der Waals surface area (Å²) in [6.07, 6.45) is 3.40. The quantitative estimate of drug-likeness (QED) is 0.777. The monoisotopic (exact) mass is 238 g/mol. The van der Waals surface area contributed by atoms with Gasteiger partial charge in [0.05, 0.1) is 6.54 Å². The number of carbonyl (C=O) groups excluding carboxylic acids is 2. The summed E-state index contributed by atoms with van der Waals surface area (Å²) in [4.78, 5) is 25.3. The third-order valence-electron chi connectivity index (χ3n) is 4.14. The van der Waals surface area contributed by atoms with Gasteiger partial charge in [0, 0.05) is 19.0 Å². The Bertz CT molecular complexity index is 303. The second-order valence-corrected chi connectivity index (χ2v) is 5.21. The molecule has 0 aromatic rings. The van der Waals surface area contributed by atoms with Gasteiger partial charge in [0.25, 0.3) is 0 Å². The molecule has 2 atom stereocenters. The second-order valence-electron chi connectivity index (χ2n) is 5.21. The molecule has 0 aliphatic heterocycles. The first-order valence-corrected chi connectivity index (χ1v) is 6.71. The van der Waals surface area contributed by atoms with Crippen LogP contribution in [0.2, 0.25) is 0 Å². The van der Waals surface area contributed by atoms with Crippen LogP contribution in [0.15, 0.2) is 0 Å². The average Bonchev–Trinajstić information content (AvgIpc) is 2.94. The van der Waals surface area contributed by atoms with Crippen LogP contribution in [0.1, 0.15) is 33.1 Å². The largest absolute Gasteiger partial charge is 0.347 e. The van der Waals surface area contributed by atoms with Gasteiger partial charge in [0.2, 0.25) is 11.8 Å². The normalized spacial score (nSPS) is 29.6. The van der Waals surface area contributed by atoms with Crippen molar-refractivity contribution in [3.8, 4) is 0 Å². The summed E-state index contributed by atoms with van der Waals surface area (Å²) in [7, 11) is 0. The Hall–Kier alpha value is -1.06. The number of hydrogen-bond donors (Lipinski definition) is 1. The zero-order chi connectivity index (χ0) is 12.4. The third-order valence-corrected chi connectivity index (χ3v) is 4.14.